The molecule has 0 saturated heterocycles. The monoisotopic (exact) mass is 1250 g/mol. The number of rotatable bonds is 5. The van der Waals surface area contributed by atoms with Gasteiger partial charge in [-0.15, -0.1) is 0 Å². The first-order valence-electron chi connectivity index (χ1n) is 32.2. The molecule has 0 bridgehead atoms. The van der Waals surface area contributed by atoms with Gasteiger partial charge in [-0.3, -0.25) is 0 Å². The largest absolute Gasteiger partial charge is 0.0776 e. The lowest BCUT2D eigenvalue weighted by atomic mass is 9.93. The summed E-state index contributed by atoms with van der Waals surface area (Å²) in [6.45, 7) is 49.6. The van der Waals surface area contributed by atoms with Crippen molar-refractivity contribution < 1.29 is 0 Å². The first kappa shape index (κ1) is 83.4. The van der Waals surface area contributed by atoms with Gasteiger partial charge in [0.2, 0.25) is 0 Å². The van der Waals surface area contributed by atoms with E-state index in [1.807, 2.05) is 0 Å². The van der Waals surface area contributed by atoms with E-state index < -0.39 is 0 Å². The van der Waals surface area contributed by atoms with Crippen molar-refractivity contribution in [1.29, 1.82) is 0 Å². The van der Waals surface area contributed by atoms with E-state index in [1.54, 1.807) is 0 Å². The van der Waals surface area contributed by atoms with Crippen LogP contribution >= 0.6 is 0 Å². The molecule has 0 aliphatic rings. The molecule has 94 heavy (non-hydrogen) atoms. The zero-order valence-electron chi connectivity index (χ0n) is 59.4. The molecule has 0 radical (unpaired) electrons. The van der Waals surface area contributed by atoms with Crippen LogP contribution in [0.3, 0.4) is 0 Å². The molecule has 0 nitrogen and oxygen atoms in total. The standard InChI is InChI=1S/2C18H22.C15H16.C14H14.C9H12.2C8H10.4CH4/c2*1-11-7-17(8-12(2)15(11)5)18-9-13(3)16(6)14(4)10-18;1-12-3-7-14(8-4-12)11-15-9-5-13(2)6-10-15;1-11-3-7-13(8-4-11)14-9-5-12(2)6-10-14;1-7-4-5-8(2)9(3)6-7;1-7-3-5-8(2)6-4-7;1-7-4-3-5-8(2)6-7;;;;/h2*7-10H,1-6H3;3-10H,11H2,1-2H3;3-10H,1-2H3;4-6H,1-3H3;2*3-6H,1-2H3;4*1H4. The highest BCUT2D eigenvalue weighted by Gasteiger charge is 2.09. The summed E-state index contributed by atoms with van der Waals surface area (Å²) in [7, 11) is 0. The van der Waals surface area contributed by atoms with Crippen LogP contribution in [0.2, 0.25) is 0 Å². The van der Waals surface area contributed by atoms with E-state index in [0.717, 1.165) is 6.42 Å². The normalized spacial score (nSPS) is 9.78. The van der Waals surface area contributed by atoms with Crippen molar-refractivity contribution >= 4 is 0 Å². The third-order valence-electron chi connectivity index (χ3n) is 17.5. The lowest BCUT2D eigenvalue weighted by molar-refractivity contribution is 1.18. The van der Waals surface area contributed by atoms with Crippen molar-refractivity contribution in [3.8, 4) is 33.4 Å². The van der Waals surface area contributed by atoms with Crippen LogP contribution in [0.5, 0.6) is 0 Å². The second-order valence-corrected chi connectivity index (χ2v) is 25.7. The molecular weight excluding hydrogens is 1130 g/mol. The molecule has 11 aromatic rings. The van der Waals surface area contributed by atoms with Crippen LogP contribution in [-0.4, -0.2) is 0 Å². The Morgan fingerprint density at radius 1 is 0.160 bits per heavy atom. The van der Waals surface area contributed by atoms with Gasteiger partial charge in [-0.1, -0.05) is 292 Å². The Morgan fingerprint density at radius 3 is 0.564 bits per heavy atom. The van der Waals surface area contributed by atoms with Crippen LogP contribution in [0.15, 0.2) is 212 Å². The first-order valence-corrected chi connectivity index (χ1v) is 32.2. The Hall–Kier alpha value is -8.58. The molecule has 0 saturated carbocycles. The summed E-state index contributed by atoms with van der Waals surface area (Å²) in [5.41, 5.74) is 42.0. The van der Waals surface area contributed by atoms with E-state index in [-0.39, 0.29) is 29.7 Å². The fourth-order valence-electron chi connectivity index (χ4n) is 10.3. The highest BCUT2D eigenvalue weighted by Crippen LogP contribution is 2.30. The van der Waals surface area contributed by atoms with Gasteiger partial charge in [0.25, 0.3) is 0 Å². The predicted octanol–water partition coefficient (Wildman–Crippen LogP) is 28.0. The highest BCUT2D eigenvalue weighted by atomic mass is 14.1. The van der Waals surface area contributed by atoms with E-state index in [9.17, 15) is 0 Å². The van der Waals surface area contributed by atoms with Gasteiger partial charge in [-0.25, -0.2) is 0 Å². The summed E-state index contributed by atoms with van der Waals surface area (Å²) >= 11 is 0. The minimum atomic E-state index is 0. The van der Waals surface area contributed by atoms with Crippen molar-refractivity contribution in [2.75, 3.05) is 0 Å². The number of hydrogen-bond donors (Lipinski definition) is 0. The van der Waals surface area contributed by atoms with Gasteiger partial charge in [0.1, 0.15) is 0 Å². The fraction of sp³-hybridized carbons (Fsp3) is 0.298. The Balaban J connectivity index is 0.000000556. The van der Waals surface area contributed by atoms with Crippen molar-refractivity contribution in [2.24, 2.45) is 0 Å². The molecule has 0 aromatic heterocycles. The number of hydrogen-bond acceptors (Lipinski definition) is 0. The Labute approximate surface area is 576 Å². The second-order valence-electron chi connectivity index (χ2n) is 25.7. The van der Waals surface area contributed by atoms with E-state index in [1.165, 1.54) is 172 Å². The van der Waals surface area contributed by atoms with Crippen molar-refractivity contribution in [3.63, 3.8) is 0 Å². The van der Waals surface area contributed by atoms with Crippen molar-refractivity contribution in [3.05, 3.63) is 351 Å². The van der Waals surface area contributed by atoms with Crippen LogP contribution in [0.4, 0.5) is 0 Å². The van der Waals surface area contributed by atoms with Crippen LogP contribution in [-0.2, 0) is 6.42 Å². The average molecular weight is 1250 g/mol. The summed E-state index contributed by atoms with van der Waals surface area (Å²) in [6.07, 6.45) is 1.03. The lowest BCUT2D eigenvalue weighted by Gasteiger charge is -2.12. The Bertz CT molecular complexity index is 3590. The molecule has 11 aromatic carbocycles. The summed E-state index contributed by atoms with van der Waals surface area (Å²) in [4.78, 5) is 0. The van der Waals surface area contributed by atoms with Gasteiger partial charge in [0.15, 0.2) is 0 Å². The van der Waals surface area contributed by atoms with E-state index in [0.29, 0.717) is 0 Å². The SMILES string of the molecule is C.C.C.C.Cc1cc(-c2cc(C)c(C)c(C)c2)cc(C)c1C.Cc1cc(-c2cc(C)c(C)c(C)c2)cc(C)c1C.Cc1ccc(-c2ccc(C)cc2)cc1.Cc1ccc(C)c(C)c1.Cc1ccc(C)cc1.Cc1ccc(Cc2ccc(C)cc2)cc1.Cc1cccc(C)c1. The van der Waals surface area contributed by atoms with Gasteiger partial charge in [0, 0.05) is 0 Å². The average Bonchev–Trinajstić information content (AvgIpc) is 0.848. The van der Waals surface area contributed by atoms with E-state index in [2.05, 4.69) is 372 Å². The quantitative estimate of drug-likeness (QED) is 0.161. The topological polar surface area (TPSA) is 0 Å². The minimum Gasteiger partial charge on any atom is -0.0776 e. The molecule has 0 amide bonds. The van der Waals surface area contributed by atoms with Crippen molar-refractivity contribution in [2.45, 2.75) is 195 Å². The second kappa shape index (κ2) is 40.5. The molecule has 498 valence electrons. The number of benzene rings is 11. The van der Waals surface area contributed by atoms with Crippen LogP contribution < -0.4 is 0 Å². The maximum absolute atomic E-state index is 2.30. The molecule has 0 fully saturated rings. The summed E-state index contributed by atoms with van der Waals surface area (Å²) in [5, 5.41) is 0. The van der Waals surface area contributed by atoms with Gasteiger partial charge >= 0.3 is 0 Å². The molecule has 0 aliphatic heterocycles. The van der Waals surface area contributed by atoms with Crippen LogP contribution in [0.1, 0.15) is 169 Å². The molecular formula is C94H122. The zero-order chi connectivity index (χ0) is 66.4. The van der Waals surface area contributed by atoms with Gasteiger partial charge in [0.05, 0.1) is 0 Å². The molecule has 0 N–H and O–H groups in total. The fourth-order valence-corrected chi connectivity index (χ4v) is 10.3. The van der Waals surface area contributed by atoms with E-state index in [4.69, 9.17) is 0 Å². The molecule has 0 heteroatoms. The maximum atomic E-state index is 2.30. The van der Waals surface area contributed by atoms with Crippen LogP contribution in [0.25, 0.3) is 33.4 Å². The predicted molar refractivity (Wildman–Crippen MR) is 427 cm³/mol. The van der Waals surface area contributed by atoms with E-state index >= 15 is 0 Å². The van der Waals surface area contributed by atoms with Gasteiger partial charge < -0.3 is 0 Å². The summed E-state index contributed by atoms with van der Waals surface area (Å²) in [6, 6.07) is 76.6. The molecule has 0 heterocycles. The lowest BCUT2D eigenvalue weighted by Crippen LogP contribution is -1.92. The van der Waals surface area contributed by atoms with Crippen LogP contribution in [0, 0.1) is 159 Å². The molecule has 0 aliphatic carbocycles. The third kappa shape index (κ3) is 27.2. The molecule has 0 spiro atoms. The Morgan fingerprint density at radius 2 is 0.362 bits per heavy atom. The first-order chi connectivity index (χ1) is 42.6. The molecule has 0 unspecified atom stereocenters. The Kier molecular flexibility index (Phi) is 36.0. The highest BCUT2D eigenvalue weighted by molar-refractivity contribution is 5.70. The van der Waals surface area contributed by atoms with Gasteiger partial charge in [-0.05, 0) is 288 Å². The minimum absolute atomic E-state index is 0. The van der Waals surface area contributed by atoms with Crippen molar-refractivity contribution in [1.82, 2.24) is 0 Å². The van der Waals surface area contributed by atoms with Gasteiger partial charge in [-0.2, -0.15) is 0 Å². The summed E-state index contributed by atoms with van der Waals surface area (Å²) in [5.74, 6) is 0. The smallest absolute Gasteiger partial charge is 0.00258 e. The summed E-state index contributed by atoms with van der Waals surface area (Å²) < 4.78 is 0. The zero-order valence-corrected chi connectivity index (χ0v) is 59.4. The maximum Gasteiger partial charge on any atom is -0.00258 e. The molecule has 0 atom stereocenters. The third-order valence-corrected chi connectivity index (χ3v) is 17.5. The molecule has 11 rings (SSSR count). The number of aryl methyl sites for hydroxylation is 19.